The molecule has 1 rings (SSSR count). The molecule has 2 nitrogen and oxygen atoms in total. The number of rotatable bonds is 12. The average molecular weight is 309 g/mol. The summed E-state index contributed by atoms with van der Waals surface area (Å²) in [5, 5.41) is 0. The molecular formula is C20H36O2. The van der Waals surface area contributed by atoms with Crippen molar-refractivity contribution in [2.24, 2.45) is 0 Å². The Morgan fingerprint density at radius 3 is 1.68 bits per heavy atom. The largest absolute Gasteiger partial charge is 0.494 e. The van der Waals surface area contributed by atoms with Gasteiger partial charge in [0.2, 0.25) is 0 Å². The Morgan fingerprint density at radius 2 is 1.18 bits per heavy atom. The molecule has 1 aromatic carbocycles. The Kier molecular flexibility index (Phi) is 20.6. The summed E-state index contributed by atoms with van der Waals surface area (Å²) in [6, 6.07) is 10.1. The first-order valence-electron chi connectivity index (χ1n) is 8.61. The molecule has 0 heterocycles. The van der Waals surface area contributed by atoms with Crippen LogP contribution in [-0.2, 0) is 0 Å². The molecule has 0 saturated heterocycles. The van der Waals surface area contributed by atoms with Crippen molar-refractivity contribution in [3.63, 3.8) is 0 Å². The summed E-state index contributed by atoms with van der Waals surface area (Å²) in [5.41, 5.74) is 0. The molecule has 0 aliphatic rings. The SMILES string of the molecule is C=C.CCCCCCCCCCCCOc1ccccc1.O. The third kappa shape index (κ3) is 15.1. The summed E-state index contributed by atoms with van der Waals surface area (Å²) in [4.78, 5) is 0. The Hall–Kier alpha value is -1.28. The molecule has 128 valence electrons. The van der Waals surface area contributed by atoms with Gasteiger partial charge in [0.05, 0.1) is 6.61 Å². The molecule has 0 aromatic heterocycles. The van der Waals surface area contributed by atoms with Crippen LogP contribution in [0.4, 0.5) is 0 Å². The van der Waals surface area contributed by atoms with E-state index in [2.05, 4.69) is 20.1 Å². The Morgan fingerprint density at radius 1 is 0.727 bits per heavy atom. The Bertz CT molecular complexity index is 298. The molecule has 0 atom stereocenters. The molecule has 0 fully saturated rings. The van der Waals surface area contributed by atoms with E-state index in [1.807, 2.05) is 30.3 Å². The van der Waals surface area contributed by atoms with Gasteiger partial charge in [-0.3, -0.25) is 0 Å². The van der Waals surface area contributed by atoms with Crippen LogP contribution in [-0.4, -0.2) is 12.1 Å². The Labute approximate surface area is 137 Å². The number of para-hydroxylation sites is 1. The van der Waals surface area contributed by atoms with Crippen LogP contribution in [0.2, 0.25) is 0 Å². The molecule has 1 aromatic rings. The topological polar surface area (TPSA) is 40.7 Å². The number of ether oxygens (including phenoxy) is 1. The molecule has 2 heteroatoms. The van der Waals surface area contributed by atoms with Crippen molar-refractivity contribution in [2.75, 3.05) is 6.61 Å². The fourth-order valence-corrected chi connectivity index (χ4v) is 2.30. The maximum absolute atomic E-state index is 5.68. The predicted octanol–water partition coefficient (Wildman–Crippen LogP) is 5.96. The number of hydrogen-bond acceptors (Lipinski definition) is 1. The minimum absolute atomic E-state index is 0. The minimum atomic E-state index is 0. The lowest BCUT2D eigenvalue weighted by atomic mass is 10.1. The fourth-order valence-electron chi connectivity index (χ4n) is 2.30. The fraction of sp³-hybridized carbons (Fsp3) is 0.600. The standard InChI is InChI=1S/C18H30O.C2H4.H2O/c1-2-3-4-5-6-7-8-9-10-14-17-19-18-15-12-11-13-16-18;1-2;/h11-13,15-16H,2-10,14,17H2,1H3;1-2H2;1H2. The molecule has 0 spiro atoms. The van der Waals surface area contributed by atoms with Crippen molar-refractivity contribution in [3.8, 4) is 5.75 Å². The van der Waals surface area contributed by atoms with Gasteiger partial charge in [0.1, 0.15) is 5.75 Å². The smallest absolute Gasteiger partial charge is 0.119 e. The summed E-state index contributed by atoms with van der Waals surface area (Å²) in [6.45, 7) is 9.14. The zero-order valence-electron chi connectivity index (χ0n) is 14.5. The van der Waals surface area contributed by atoms with Crippen LogP contribution >= 0.6 is 0 Å². The number of unbranched alkanes of at least 4 members (excludes halogenated alkanes) is 9. The first-order chi connectivity index (χ1) is 10.4. The molecule has 22 heavy (non-hydrogen) atoms. The maximum atomic E-state index is 5.68. The van der Waals surface area contributed by atoms with Gasteiger partial charge in [0.15, 0.2) is 0 Å². The summed E-state index contributed by atoms with van der Waals surface area (Å²) < 4.78 is 5.68. The van der Waals surface area contributed by atoms with Crippen LogP contribution in [0.1, 0.15) is 71.1 Å². The maximum Gasteiger partial charge on any atom is 0.119 e. The highest BCUT2D eigenvalue weighted by atomic mass is 16.5. The van der Waals surface area contributed by atoms with Crippen molar-refractivity contribution in [1.82, 2.24) is 0 Å². The lowest BCUT2D eigenvalue weighted by molar-refractivity contribution is 0.304. The second kappa shape index (κ2) is 19.7. The van der Waals surface area contributed by atoms with Crippen LogP contribution in [0.15, 0.2) is 43.5 Å². The van der Waals surface area contributed by atoms with Crippen molar-refractivity contribution < 1.29 is 10.2 Å². The molecule has 0 radical (unpaired) electrons. The van der Waals surface area contributed by atoms with E-state index in [0.29, 0.717) is 0 Å². The van der Waals surface area contributed by atoms with E-state index in [-0.39, 0.29) is 5.48 Å². The van der Waals surface area contributed by atoms with Gasteiger partial charge < -0.3 is 10.2 Å². The third-order valence-electron chi connectivity index (χ3n) is 3.51. The van der Waals surface area contributed by atoms with Crippen molar-refractivity contribution >= 4 is 0 Å². The Balaban J connectivity index is 0. The summed E-state index contributed by atoms with van der Waals surface area (Å²) >= 11 is 0. The summed E-state index contributed by atoms with van der Waals surface area (Å²) in [7, 11) is 0. The normalized spacial score (nSPS) is 9.32. The summed E-state index contributed by atoms with van der Waals surface area (Å²) in [6.07, 6.45) is 13.7. The van der Waals surface area contributed by atoms with Gasteiger partial charge in [-0.25, -0.2) is 0 Å². The quantitative estimate of drug-likeness (QED) is 0.347. The minimum Gasteiger partial charge on any atom is -0.494 e. The first kappa shape index (κ1) is 23.0. The molecule has 0 bridgehead atoms. The second-order valence-electron chi connectivity index (χ2n) is 5.34. The molecule has 0 amide bonds. The van der Waals surface area contributed by atoms with Crippen LogP contribution in [0.25, 0.3) is 0 Å². The molecular weight excluding hydrogens is 272 g/mol. The van der Waals surface area contributed by atoms with Gasteiger partial charge >= 0.3 is 0 Å². The van der Waals surface area contributed by atoms with Crippen LogP contribution in [0, 0.1) is 0 Å². The number of hydrogen-bond donors (Lipinski definition) is 0. The lowest BCUT2D eigenvalue weighted by Crippen LogP contribution is -1.96. The third-order valence-corrected chi connectivity index (χ3v) is 3.51. The van der Waals surface area contributed by atoms with E-state index < -0.39 is 0 Å². The number of benzene rings is 1. The highest BCUT2D eigenvalue weighted by Gasteiger charge is 1.94. The van der Waals surface area contributed by atoms with Gasteiger partial charge in [0.25, 0.3) is 0 Å². The average Bonchev–Trinajstić information content (AvgIpc) is 2.55. The second-order valence-corrected chi connectivity index (χ2v) is 5.34. The van der Waals surface area contributed by atoms with E-state index in [9.17, 15) is 0 Å². The van der Waals surface area contributed by atoms with Crippen molar-refractivity contribution in [1.29, 1.82) is 0 Å². The highest BCUT2D eigenvalue weighted by Crippen LogP contribution is 2.12. The monoisotopic (exact) mass is 308 g/mol. The lowest BCUT2D eigenvalue weighted by Gasteiger charge is -2.05. The molecule has 2 N–H and O–H groups in total. The zero-order chi connectivity index (χ0) is 15.6. The van der Waals surface area contributed by atoms with E-state index in [1.165, 1.54) is 64.2 Å². The van der Waals surface area contributed by atoms with E-state index in [0.717, 1.165) is 12.4 Å². The van der Waals surface area contributed by atoms with E-state index in [4.69, 9.17) is 4.74 Å². The molecule has 0 unspecified atom stereocenters. The van der Waals surface area contributed by atoms with E-state index in [1.54, 1.807) is 0 Å². The first-order valence-corrected chi connectivity index (χ1v) is 8.61. The van der Waals surface area contributed by atoms with Gasteiger partial charge in [0, 0.05) is 0 Å². The van der Waals surface area contributed by atoms with Gasteiger partial charge in [-0.2, -0.15) is 0 Å². The van der Waals surface area contributed by atoms with Gasteiger partial charge in [-0.15, -0.1) is 13.2 Å². The predicted molar refractivity (Wildman–Crippen MR) is 98.6 cm³/mol. The van der Waals surface area contributed by atoms with Crippen LogP contribution < -0.4 is 4.74 Å². The van der Waals surface area contributed by atoms with Crippen LogP contribution in [0.3, 0.4) is 0 Å². The molecule has 0 aliphatic heterocycles. The van der Waals surface area contributed by atoms with E-state index >= 15 is 0 Å². The van der Waals surface area contributed by atoms with Crippen molar-refractivity contribution in [3.05, 3.63) is 43.5 Å². The molecule has 0 aliphatic carbocycles. The molecule has 0 saturated carbocycles. The zero-order valence-corrected chi connectivity index (χ0v) is 14.5. The van der Waals surface area contributed by atoms with Gasteiger partial charge in [-0.1, -0.05) is 82.9 Å². The van der Waals surface area contributed by atoms with Gasteiger partial charge in [-0.05, 0) is 18.6 Å². The van der Waals surface area contributed by atoms with Crippen molar-refractivity contribution in [2.45, 2.75) is 71.1 Å². The summed E-state index contributed by atoms with van der Waals surface area (Å²) in [5.74, 6) is 0.999. The van der Waals surface area contributed by atoms with Crippen LogP contribution in [0.5, 0.6) is 5.75 Å². The highest BCUT2D eigenvalue weighted by molar-refractivity contribution is 5.20.